The quantitative estimate of drug-likeness (QED) is 0.743. The first-order valence-corrected chi connectivity index (χ1v) is 11.0. The summed E-state index contributed by atoms with van der Waals surface area (Å²) < 4.78 is 38.8. The molecule has 2 aliphatic rings. The SMILES string of the molecule is CN1CCN(c2ccc(NC(=O)C3CC(=O)N(Cc4cccc(C(F)(F)F)c4)C3)cc2)CC1. The predicted molar refractivity (Wildman–Crippen MR) is 120 cm³/mol. The maximum absolute atomic E-state index is 12.9. The molecule has 2 aliphatic heterocycles. The molecule has 2 saturated heterocycles. The number of piperazine rings is 1. The van der Waals surface area contributed by atoms with Crippen LogP contribution in [-0.4, -0.2) is 61.4 Å². The van der Waals surface area contributed by atoms with Crippen molar-refractivity contribution < 1.29 is 22.8 Å². The number of amides is 2. The van der Waals surface area contributed by atoms with Crippen LogP contribution in [0.5, 0.6) is 0 Å². The van der Waals surface area contributed by atoms with Gasteiger partial charge in [-0.25, -0.2) is 0 Å². The molecule has 2 heterocycles. The normalized spacial score (nSPS) is 19.8. The summed E-state index contributed by atoms with van der Waals surface area (Å²) in [5.41, 5.74) is 1.39. The van der Waals surface area contributed by atoms with Crippen molar-refractivity contribution in [1.29, 1.82) is 0 Å². The van der Waals surface area contributed by atoms with E-state index in [-0.39, 0.29) is 31.3 Å². The number of hydrogen-bond acceptors (Lipinski definition) is 4. The number of likely N-dealkylation sites (N-methyl/N-ethyl adjacent to an activating group) is 1. The van der Waals surface area contributed by atoms with Gasteiger partial charge >= 0.3 is 6.18 Å². The van der Waals surface area contributed by atoms with Crippen LogP contribution in [0, 0.1) is 5.92 Å². The molecule has 0 aliphatic carbocycles. The number of rotatable bonds is 5. The summed E-state index contributed by atoms with van der Waals surface area (Å²) in [6.45, 7) is 4.14. The molecule has 1 atom stereocenters. The van der Waals surface area contributed by atoms with Gasteiger partial charge in [-0.05, 0) is 49.0 Å². The summed E-state index contributed by atoms with van der Waals surface area (Å²) in [6.07, 6.45) is -4.39. The fourth-order valence-corrected chi connectivity index (χ4v) is 4.23. The maximum Gasteiger partial charge on any atom is 0.416 e. The van der Waals surface area contributed by atoms with Crippen LogP contribution in [0.1, 0.15) is 17.5 Å². The second-order valence-electron chi connectivity index (χ2n) is 8.70. The van der Waals surface area contributed by atoms with Crippen molar-refractivity contribution in [2.75, 3.05) is 50.0 Å². The van der Waals surface area contributed by atoms with E-state index < -0.39 is 17.7 Å². The van der Waals surface area contributed by atoms with Crippen LogP contribution >= 0.6 is 0 Å². The van der Waals surface area contributed by atoms with Crippen LogP contribution in [0.25, 0.3) is 0 Å². The Kier molecular flexibility index (Phi) is 6.60. The Morgan fingerprint density at radius 3 is 2.42 bits per heavy atom. The molecular weight excluding hydrogens is 433 g/mol. The first-order valence-electron chi connectivity index (χ1n) is 11.0. The van der Waals surface area contributed by atoms with Crippen molar-refractivity contribution in [3.8, 4) is 0 Å². The van der Waals surface area contributed by atoms with Crippen molar-refractivity contribution in [1.82, 2.24) is 9.80 Å². The lowest BCUT2D eigenvalue weighted by atomic mass is 10.1. The molecule has 4 rings (SSSR count). The average molecular weight is 461 g/mol. The number of anilines is 2. The summed E-state index contributed by atoms with van der Waals surface area (Å²) in [6, 6.07) is 12.6. The minimum atomic E-state index is -4.44. The molecule has 2 aromatic rings. The number of likely N-dealkylation sites (tertiary alicyclic amines) is 1. The third-order valence-electron chi connectivity index (χ3n) is 6.22. The molecule has 0 saturated carbocycles. The fourth-order valence-electron chi connectivity index (χ4n) is 4.23. The molecule has 1 unspecified atom stereocenters. The standard InChI is InChI=1S/C24H27F3N4O2/c1-29-9-11-30(12-10-29)21-7-5-20(6-8-21)28-23(33)18-14-22(32)31(16-18)15-17-3-2-4-19(13-17)24(25,26)27/h2-8,13,18H,9-12,14-16H2,1H3,(H,28,33). The van der Waals surface area contributed by atoms with Gasteiger partial charge in [-0.2, -0.15) is 13.2 Å². The summed E-state index contributed by atoms with van der Waals surface area (Å²) >= 11 is 0. The first-order chi connectivity index (χ1) is 15.7. The highest BCUT2D eigenvalue weighted by Gasteiger charge is 2.35. The van der Waals surface area contributed by atoms with E-state index in [2.05, 4.69) is 22.2 Å². The molecule has 6 nitrogen and oxygen atoms in total. The summed E-state index contributed by atoms with van der Waals surface area (Å²) in [5.74, 6) is -1.04. The zero-order chi connectivity index (χ0) is 23.6. The highest BCUT2D eigenvalue weighted by Crippen LogP contribution is 2.30. The van der Waals surface area contributed by atoms with E-state index in [0.29, 0.717) is 11.3 Å². The predicted octanol–water partition coefficient (Wildman–Crippen LogP) is 3.44. The van der Waals surface area contributed by atoms with Gasteiger partial charge in [0.25, 0.3) is 0 Å². The van der Waals surface area contributed by atoms with Gasteiger partial charge in [0.1, 0.15) is 0 Å². The van der Waals surface area contributed by atoms with Gasteiger partial charge in [0, 0.05) is 57.1 Å². The van der Waals surface area contributed by atoms with Crippen LogP contribution in [0.4, 0.5) is 24.5 Å². The molecule has 176 valence electrons. The van der Waals surface area contributed by atoms with E-state index in [9.17, 15) is 22.8 Å². The zero-order valence-corrected chi connectivity index (χ0v) is 18.4. The van der Waals surface area contributed by atoms with Crippen molar-refractivity contribution >= 4 is 23.2 Å². The Bertz CT molecular complexity index is 1000. The number of hydrogen-bond donors (Lipinski definition) is 1. The Labute approximate surface area is 191 Å². The number of nitrogens with one attached hydrogen (secondary N) is 1. The smallest absolute Gasteiger partial charge is 0.369 e. The molecule has 0 aromatic heterocycles. The Hall–Kier alpha value is -3.07. The summed E-state index contributed by atoms with van der Waals surface area (Å²) in [4.78, 5) is 31.1. The van der Waals surface area contributed by atoms with Crippen molar-refractivity contribution in [2.24, 2.45) is 5.92 Å². The third-order valence-corrected chi connectivity index (χ3v) is 6.22. The Morgan fingerprint density at radius 1 is 1.06 bits per heavy atom. The molecule has 0 radical (unpaired) electrons. The van der Waals surface area contributed by atoms with Crippen molar-refractivity contribution in [3.05, 3.63) is 59.7 Å². The summed E-state index contributed by atoms with van der Waals surface area (Å²) in [5, 5.41) is 2.86. The number of benzene rings is 2. The zero-order valence-electron chi connectivity index (χ0n) is 18.4. The lowest BCUT2D eigenvalue weighted by Gasteiger charge is -2.34. The largest absolute Gasteiger partial charge is 0.416 e. The molecule has 2 fully saturated rings. The van der Waals surface area contributed by atoms with E-state index >= 15 is 0 Å². The third kappa shape index (κ3) is 5.65. The molecule has 2 amide bonds. The van der Waals surface area contributed by atoms with Crippen LogP contribution in [0.2, 0.25) is 0 Å². The van der Waals surface area contributed by atoms with E-state index in [1.54, 1.807) is 6.07 Å². The number of alkyl halides is 3. The van der Waals surface area contributed by atoms with Gasteiger partial charge in [-0.1, -0.05) is 12.1 Å². The van der Waals surface area contributed by atoms with Gasteiger partial charge < -0.3 is 20.0 Å². The second-order valence-corrected chi connectivity index (χ2v) is 8.70. The Morgan fingerprint density at radius 2 is 1.76 bits per heavy atom. The molecule has 0 spiro atoms. The van der Waals surface area contributed by atoms with Crippen molar-refractivity contribution in [2.45, 2.75) is 19.1 Å². The van der Waals surface area contributed by atoms with E-state index in [1.165, 1.54) is 11.0 Å². The minimum absolute atomic E-state index is 0.0458. The second kappa shape index (κ2) is 9.43. The first kappa shape index (κ1) is 23.1. The number of carbonyl (C=O) groups excluding carboxylic acids is 2. The lowest BCUT2D eigenvalue weighted by molar-refractivity contribution is -0.137. The molecule has 2 aromatic carbocycles. The van der Waals surface area contributed by atoms with E-state index in [1.807, 2.05) is 24.3 Å². The molecular formula is C24H27F3N4O2. The van der Waals surface area contributed by atoms with Crippen LogP contribution in [0.15, 0.2) is 48.5 Å². The highest BCUT2D eigenvalue weighted by atomic mass is 19.4. The van der Waals surface area contributed by atoms with Gasteiger partial charge in [-0.15, -0.1) is 0 Å². The van der Waals surface area contributed by atoms with Crippen molar-refractivity contribution in [3.63, 3.8) is 0 Å². The molecule has 9 heteroatoms. The minimum Gasteiger partial charge on any atom is -0.369 e. The maximum atomic E-state index is 12.9. The van der Waals surface area contributed by atoms with Crippen LogP contribution in [-0.2, 0) is 22.3 Å². The molecule has 0 bridgehead atoms. The highest BCUT2D eigenvalue weighted by molar-refractivity contribution is 5.97. The van der Waals surface area contributed by atoms with Gasteiger partial charge in [0.15, 0.2) is 0 Å². The molecule has 33 heavy (non-hydrogen) atoms. The van der Waals surface area contributed by atoms with Gasteiger partial charge in [0.05, 0.1) is 11.5 Å². The van der Waals surface area contributed by atoms with Gasteiger partial charge in [-0.3, -0.25) is 9.59 Å². The van der Waals surface area contributed by atoms with E-state index in [0.717, 1.165) is 44.0 Å². The molecule has 1 N–H and O–H groups in total. The summed E-state index contributed by atoms with van der Waals surface area (Å²) in [7, 11) is 2.10. The van der Waals surface area contributed by atoms with Crippen LogP contribution < -0.4 is 10.2 Å². The lowest BCUT2D eigenvalue weighted by Crippen LogP contribution is -2.44. The average Bonchev–Trinajstić information content (AvgIpc) is 3.15. The number of carbonyl (C=O) groups is 2. The monoisotopic (exact) mass is 460 g/mol. The number of nitrogens with zero attached hydrogens (tertiary/aromatic N) is 3. The van der Waals surface area contributed by atoms with Gasteiger partial charge in [0.2, 0.25) is 11.8 Å². The van der Waals surface area contributed by atoms with E-state index in [4.69, 9.17) is 0 Å². The Balaban J connectivity index is 1.33. The fraction of sp³-hybridized carbons (Fsp3) is 0.417. The number of halogens is 3. The topological polar surface area (TPSA) is 55.9 Å². The van der Waals surface area contributed by atoms with Crippen LogP contribution in [0.3, 0.4) is 0 Å².